The first-order valence-electron chi connectivity index (χ1n) is 10.9. The fourth-order valence-electron chi connectivity index (χ4n) is 4.26. The molecular formula is C26H23IN2O6. The Balaban J connectivity index is 1.46. The van der Waals surface area contributed by atoms with Crippen molar-refractivity contribution in [2.24, 2.45) is 0 Å². The number of halogens is 1. The zero-order valence-electron chi connectivity index (χ0n) is 18.6. The summed E-state index contributed by atoms with van der Waals surface area (Å²) in [4.78, 5) is 37.5. The van der Waals surface area contributed by atoms with Crippen LogP contribution < -0.4 is 5.32 Å². The van der Waals surface area contributed by atoms with Crippen LogP contribution in [0.15, 0.2) is 66.7 Å². The van der Waals surface area contributed by atoms with Crippen molar-refractivity contribution in [3.63, 3.8) is 0 Å². The van der Waals surface area contributed by atoms with Crippen LogP contribution in [0, 0.1) is 3.57 Å². The number of ether oxygens (including phenoxy) is 1. The number of carboxylic acid groups (broad SMARTS) is 1. The summed E-state index contributed by atoms with van der Waals surface area (Å²) in [6.45, 7) is -0.877. The molecule has 3 aromatic rings. The van der Waals surface area contributed by atoms with Crippen LogP contribution in [0.4, 0.5) is 10.5 Å². The van der Waals surface area contributed by atoms with Crippen LogP contribution in [0.25, 0.3) is 11.1 Å². The molecule has 0 atom stereocenters. The number of carboxylic acids is 1. The molecule has 0 unspecified atom stereocenters. The number of hydrogen-bond donors (Lipinski definition) is 3. The van der Waals surface area contributed by atoms with Gasteiger partial charge in [-0.15, -0.1) is 0 Å². The molecule has 1 aliphatic carbocycles. The first-order valence-corrected chi connectivity index (χ1v) is 12.0. The summed E-state index contributed by atoms with van der Waals surface area (Å²) in [7, 11) is 0. The van der Waals surface area contributed by atoms with Crippen LogP contribution in [0.1, 0.15) is 27.4 Å². The van der Waals surface area contributed by atoms with E-state index in [1.54, 1.807) is 12.1 Å². The molecule has 0 spiro atoms. The molecular weight excluding hydrogens is 563 g/mol. The van der Waals surface area contributed by atoms with Gasteiger partial charge in [-0.05, 0) is 63.0 Å². The number of anilines is 1. The number of fused-ring (bicyclic) bond motifs is 3. The molecule has 3 N–H and O–H groups in total. The summed E-state index contributed by atoms with van der Waals surface area (Å²) < 4.78 is 6.23. The van der Waals surface area contributed by atoms with Crippen LogP contribution in [-0.2, 0) is 9.53 Å². The third-order valence-electron chi connectivity index (χ3n) is 5.72. The van der Waals surface area contributed by atoms with Gasteiger partial charge in [0.2, 0.25) is 0 Å². The number of nitrogens with zero attached hydrogens (tertiary/aromatic N) is 1. The minimum atomic E-state index is -1.19. The Hall–Kier alpha value is -3.44. The lowest BCUT2D eigenvalue weighted by Gasteiger charge is -2.20. The molecule has 35 heavy (non-hydrogen) atoms. The average molecular weight is 586 g/mol. The molecule has 4 rings (SSSR count). The summed E-state index contributed by atoms with van der Waals surface area (Å²) in [6, 6.07) is 20.8. The first kappa shape index (κ1) is 24.7. The fraction of sp³-hybridized carbons (Fsp3) is 0.192. The number of benzene rings is 3. The highest BCUT2D eigenvalue weighted by molar-refractivity contribution is 14.1. The molecule has 0 bridgehead atoms. The quantitative estimate of drug-likeness (QED) is 0.342. The number of rotatable bonds is 8. The number of hydrogen-bond acceptors (Lipinski definition) is 5. The van der Waals surface area contributed by atoms with Gasteiger partial charge in [0.25, 0.3) is 5.91 Å². The monoisotopic (exact) mass is 586 g/mol. The zero-order valence-corrected chi connectivity index (χ0v) is 20.8. The Kier molecular flexibility index (Phi) is 7.67. The van der Waals surface area contributed by atoms with Crippen molar-refractivity contribution in [3.05, 3.63) is 87.0 Å². The molecule has 180 valence electrons. The topological polar surface area (TPSA) is 116 Å². The number of aliphatic hydroxyl groups excluding tert-OH is 1. The van der Waals surface area contributed by atoms with E-state index in [1.165, 1.54) is 6.07 Å². The van der Waals surface area contributed by atoms with E-state index in [-0.39, 0.29) is 31.2 Å². The predicted molar refractivity (Wildman–Crippen MR) is 138 cm³/mol. The predicted octanol–water partition coefficient (Wildman–Crippen LogP) is 4.17. The molecule has 0 fully saturated rings. The van der Waals surface area contributed by atoms with Gasteiger partial charge in [-0.3, -0.25) is 14.9 Å². The van der Waals surface area contributed by atoms with Crippen molar-refractivity contribution in [3.8, 4) is 11.1 Å². The Morgan fingerprint density at radius 3 is 2.20 bits per heavy atom. The van der Waals surface area contributed by atoms with Gasteiger partial charge in [0, 0.05) is 27.3 Å². The second kappa shape index (κ2) is 10.9. The summed E-state index contributed by atoms with van der Waals surface area (Å²) in [6.07, 6.45) is -0.662. The molecule has 0 saturated heterocycles. The van der Waals surface area contributed by atoms with E-state index in [9.17, 15) is 19.5 Å². The van der Waals surface area contributed by atoms with Crippen LogP contribution in [0.3, 0.4) is 0 Å². The summed E-state index contributed by atoms with van der Waals surface area (Å²) in [5.41, 5.74) is 5.01. The third-order valence-corrected chi connectivity index (χ3v) is 6.34. The molecule has 3 aromatic carbocycles. The molecule has 0 heterocycles. The molecule has 0 aromatic heterocycles. The van der Waals surface area contributed by atoms with E-state index in [4.69, 9.17) is 9.84 Å². The summed E-state index contributed by atoms with van der Waals surface area (Å²) >= 11 is 2.01. The lowest BCUT2D eigenvalue weighted by Crippen LogP contribution is -2.37. The van der Waals surface area contributed by atoms with E-state index < -0.39 is 24.5 Å². The molecule has 2 amide bonds. The SMILES string of the molecule is O=C(O)CN(CCO)C(=O)c1cc(I)cc(NC(=O)OCC2c3ccccc3-c3ccccc32)c1. The first-order chi connectivity index (χ1) is 16.9. The van der Waals surface area contributed by atoms with Gasteiger partial charge < -0.3 is 19.8 Å². The van der Waals surface area contributed by atoms with Crippen LogP contribution in [0.5, 0.6) is 0 Å². The van der Waals surface area contributed by atoms with Crippen molar-refractivity contribution in [1.82, 2.24) is 4.90 Å². The minimum Gasteiger partial charge on any atom is -0.480 e. The highest BCUT2D eigenvalue weighted by atomic mass is 127. The second-order valence-electron chi connectivity index (χ2n) is 8.02. The van der Waals surface area contributed by atoms with Gasteiger partial charge >= 0.3 is 12.1 Å². The standard InChI is InChI=1S/C26H23IN2O6/c27-17-11-16(25(33)29(9-10-30)14-24(31)32)12-18(13-17)28-26(34)35-15-23-21-7-3-1-5-19(21)20-6-2-4-8-22(20)23/h1-8,11-13,23,30H,9-10,14-15H2,(H,28,34)(H,31,32). The van der Waals surface area contributed by atoms with E-state index in [0.29, 0.717) is 9.26 Å². The molecule has 0 radical (unpaired) electrons. The van der Waals surface area contributed by atoms with E-state index >= 15 is 0 Å². The lowest BCUT2D eigenvalue weighted by atomic mass is 9.98. The van der Waals surface area contributed by atoms with Gasteiger partial charge in [-0.25, -0.2) is 4.79 Å². The molecule has 9 heteroatoms. The molecule has 1 aliphatic rings. The third kappa shape index (κ3) is 5.63. The minimum absolute atomic E-state index is 0.0794. The maximum Gasteiger partial charge on any atom is 0.411 e. The number of nitrogens with one attached hydrogen (secondary N) is 1. The lowest BCUT2D eigenvalue weighted by molar-refractivity contribution is -0.137. The number of aliphatic carboxylic acids is 1. The maximum absolute atomic E-state index is 12.8. The second-order valence-corrected chi connectivity index (χ2v) is 9.27. The number of carbonyl (C=O) groups is 3. The highest BCUT2D eigenvalue weighted by Gasteiger charge is 2.29. The Labute approximate surface area is 215 Å². The summed E-state index contributed by atoms with van der Waals surface area (Å²) in [5, 5.41) is 20.9. The van der Waals surface area contributed by atoms with Gasteiger partial charge in [-0.2, -0.15) is 0 Å². The Morgan fingerprint density at radius 2 is 1.60 bits per heavy atom. The fourth-order valence-corrected chi connectivity index (χ4v) is 4.93. The van der Waals surface area contributed by atoms with Crippen LogP contribution in [0.2, 0.25) is 0 Å². The highest BCUT2D eigenvalue weighted by Crippen LogP contribution is 2.44. The van der Waals surface area contributed by atoms with Crippen molar-refractivity contribution in [1.29, 1.82) is 0 Å². The van der Waals surface area contributed by atoms with E-state index in [0.717, 1.165) is 27.2 Å². The molecule has 8 nitrogen and oxygen atoms in total. The molecule has 0 aliphatic heterocycles. The Bertz CT molecular complexity index is 1230. The maximum atomic E-state index is 12.8. The normalized spacial score (nSPS) is 11.9. The zero-order chi connectivity index (χ0) is 24.9. The average Bonchev–Trinajstić information content (AvgIpc) is 3.15. The number of carbonyl (C=O) groups excluding carboxylic acids is 2. The summed E-state index contributed by atoms with van der Waals surface area (Å²) in [5.74, 6) is -1.82. The van der Waals surface area contributed by atoms with Crippen molar-refractivity contribution in [2.45, 2.75) is 5.92 Å². The van der Waals surface area contributed by atoms with Crippen LogP contribution in [-0.4, -0.2) is 59.4 Å². The van der Waals surface area contributed by atoms with Crippen molar-refractivity contribution in [2.75, 3.05) is 31.6 Å². The van der Waals surface area contributed by atoms with E-state index in [1.807, 2.05) is 59.0 Å². The smallest absolute Gasteiger partial charge is 0.411 e. The van der Waals surface area contributed by atoms with Gasteiger partial charge in [0.15, 0.2) is 0 Å². The van der Waals surface area contributed by atoms with E-state index in [2.05, 4.69) is 17.4 Å². The largest absolute Gasteiger partial charge is 0.480 e. The van der Waals surface area contributed by atoms with Crippen molar-refractivity contribution >= 4 is 46.2 Å². The van der Waals surface area contributed by atoms with Gasteiger partial charge in [0.1, 0.15) is 13.2 Å². The number of aliphatic hydroxyl groups is 1. The van der Waals surface area contributed by atoms with Crippen LogP contribution >= 0.6 is 22.6 Å². The number of amides is 2. The van der Waals surface area contributed by atoms with Crippen molar-refractivity contribution < 1.29 is 29.3 Å². The van der Waals surface area contributed by atoms with Gasteiger partial charge in [0.05, 0.1) is 6.61 Å². The Morgan fingerprint density at radius 1 is 0.971 bits per heavy atom. The van der Waals surface area contributed by atoms with Gasteiger partial charge in [-0.1, -0.05) is 48.5 Å². The molecule has 0 saturated carbocycles.